The summed E-state index contributed by atoms with van der Waals surface area (Å²) in [6, 6.07) is 23.5. The van der Waals surface area contributed by atoms with Gasteiger partial charge in [-0.25, -0.2) is 9.97 Å². The van der Waals surface area contributed by atoms with Crippen molar-refractivity contribution in [1.29, 1.82) is 0 Å². The lowest BCUT2D eigenvalue weighted by Gasteiger charge is -2.16. The molecule has 7 nitrogen and oxygen atoms in total. The number of rotatable bonds is 7. The molecule has 3 aromatic heterocycles. The molecule has 5 N–H and O–H groups in total. The van der Waals surface area contributed by atoms with Gasteiger partial charge in [0.25, 0.3) is 0 Å². The number of hydrogen-bond donors (Lipinski definition) is 3. The van der Waals surface area contributed by atoms with Crippen molar-refractivity contribution in [2.45, 2.75) is 12.5 Å². The largest absolute Gasteiger partial charge is 0.399 e. The highest BCUT2D eigenvalue weighted by molar-refractivity contribution is 5.98. The first-order valence-electron chi connectivity index (χ1n) is 11.1. The van der Waals surface area contributed by atoms with Gasteiger partial charge in [-0.1, -0.05) is 42.5 Å². The molecule has 5 aromatic rings. The molecular formula is C27H25N7. The zero-order valence-corrected chi connectivity index (χ0v) is 18.6. The summed E-state index contributed by atoms with van der Waals surface area (Å²) in [4.78, 5) is 18.5. The Morgan fingerprint density at radius 1 is 0.824 bits per heavy atom. The van der Waals surface area contributed by atoms with Gasteiger partial charge in [-0.15, -0.1) is 0 Å². The standard InChI is InChI=1S/C27H25N7/c28-21-8-4-7-20(16-21)24-25-23(11-14-31-24)27(34-26(33-25)19-9-12-30-13-10-19)32-17-22(29)15-18-5-2-1-3-6-18/h1-14,16,22H,15,17,28-29H2,(H,32,33,34)/t22-/m1/s1. The molecule has 2 aromatic carbocycles. The van der Waals surface area contributed by atoms with Crippen molar-refractivity contribution in [3.63, 3.8) is 0 Å². The zero-order chi connectivity index (χ0) is 23.3. The van der Waals surface area contributed by atoms with Crippen molar-refractivity contribution >= 4 is 22.4 Å². The molecule has 5 rings (SSSR count). The van der Waals surface area contributed by atoms with Gasteiger partial charge in [0, 0.05) is 53.4 Å². The minimum absolute atomic E-state index is 0.0768. The molecule has 34 heavy (non-hydrogen) atoms. The van der Waals surface area contributed by atoms with E-state index in [2.05, 4.69) is 27.4 Å². The fourth-order valence-electron chi connectivity index (χ4n) is 3.93. The summed E-state index contributed by atoms with van der Waals surface area (Å²) < 4.78 is 0. The predicted molar refractivity (Wildman–Crippen MR) is 137 cm³/mol. The van der Waals surface area contributed by atoms with Crippen LogP contribution in [-0.4, -0.2) is 32.5 Å². The summed E-state index contributed by atoms with van der Waals surface area (Å²) >= 11 is 0. The van der Waals surface area contributed by atoms with Crippen LogP contribution in [-0.2, 0) is 6.42 Å². The average Bonchev–Trinajstić information content (AvgIpc) is 2.88. The van der Waals surface area contributed by atoms with Crippen molar-refractivity contribution in [3.8, 4) is 22.6 Å². The van der Waals surface area contributed by atoms with Crippen LogP contribution in [0.4, 0.5) is 11.5 Å². The molecule has 1 atom stereocenters. The number of benzene rings is 2. The van der Waals surface area contributed by atoms with Gasteiger partial charge in [0.2, 0.25) is 0 Å². The van der Waals surface area contributed by atoms with Crippen LogP contribution in [0.1, 0.15) is 5.56 Å². The molecule has 0 aliphatic heterocycles. The molecule has 0 saturated heterocycles. The van der Waals surface area contributed by atoms with Crippen molar-refractivity contribution < 1.29 is 0 Å². The van der Waals surface area contributed by atoms with Crippen LogP contribution in [0.3, 0.4) is 0 Å². The Morgan fingerprint density at radius 2 is 1.65 bits per heavy atom. The van der Waals surface area contributed by atoms with E-state index in [0.717, 1.165) is 34.1 Å². The summed E-state index contributed by atoms with van der Waals surface area (Å²) in [5, 5.41) is 4.34. The number of pyridine rings is 2. The lowest BCUT2D eigenvalue weighted by atomic mass is 10.1. The smallest absolute Gasteiger partial charge is 0.162 e. The number of nitrogen functional groups attached to an aromatic ring is 1. The summed E-state index contributed by atoms with van der Waals surface area (Å²) in [7, 11) is 0. The predicted octanol–water partition coefficient (Wildman–Crippen LogP) is 4.32. The molecule has 168 valence electrons. The van der Waals surface area contributed by atoms with Gasteiger partial charge in [-0.3, -0.25) is 9.97 Å². The molecule has 0 aliphatic carbocycles. The van der Waals surface area contributed by atoms with E-state index >= 15 is 0 Å². The lowest BCUT2D eigenvalue weighted by molar-refractivity contribution is 0.698. The quantitative estimate of drug-likeness (QED) is 0.318. The van der Waals surface area contributed by atoms with Gasteiger partial charge in [-0.05, 0) is 42.3 Å². The van der Waals surface area contributed by atoms with Crippen molar-refractivity contribution in [3.05, 3.63) is 97.0 Å². The SMILES string of the molecule is Nc1cccc(-c2nccc3c(NC[C@H](N)Cc4ccccc4)nc(-c4ccncc4)nc23)c1. The molecule has 0 unspecified atom stereocenters. The third-order valence-corrected chi connectivity index (χ3v) is 5.59. The van der Waals surface area contributed by atoms with E-state index in [0.29, 0.717) is 23.9 Å². The van der Waals surface area contributed by atoms with Crippen LogP contribution >= 0.6 is 0 Å². The first-order chi connectivity index (χ1) is 16.7. The fraction of sp³-hybridized carbons (Fsp3) is 0.111. The highest BCUT2D eigenvalue weighted by Gasteiger charge is 2.15. The normalized spacial score (nSPS) is 11.9. The molecule has 0 bridgehead atoms. The second kappa shape index (κ2) is 9.64. The lowest BCUT2D eigenvalue weighted by Crippen LogP contribution is -2.31. The number of aromatic nitrogens is 4. The maximum atomic E-state index is 6.44. The van der Waals surface area contributed by atoms with Gasteiger partial charge in [0.05, 0.1) is 5.69 Å². The minimum Gasteiger partial charge on any atom is -0.399 e. The topological polar surface area (TPSA) is 116 Å². The van der Waals surface area contributed by atoms with Crippen LogP contribution in [0, 0.1) is 0 Å². The zero-order valence-electron chi connectivity index (χ0n) is 18.6. The van der Waals surface area contributed by atoms with E-state index in [9.17, 15) is 0 Å². The number of fused-ring (bicyclic) bond motifs is 1. The Hall–Kier alpha value is -4.36. The monoisotopic (exact) mass is 447 g/mol. The Morgan fingerprint density at radius 3 is 2.44 bits per heavy atom. The Kier molecular flexibility index (Phi) is 6.09. The van der Waals surface area contributed by atoms with Crippen LogP contribution in [0.25, 0.3) is 33.5 Å². The maximum absolute atomic E-state index is 6.44. The molecule has 0 aliphatic rings. The summed E-state index contributed by atoms with van der Waals surface area (Å²) in [6.45, 7) is 0.562. The van der Waals surface area contributed by atoms with Gasteiger partial charge < -0.3 is 16.8 Å². The molecule has 0 spiro atoms. The van der Waals surface area contributed by atoms with E-state index in [1.807, 2.05) is 60.7 Å². The van der Waals surface area contributed by atoms with Crippen molar-refractivity contribution in [2.75, 3.05) is 17.6 Å². The third-order valence-electron chi connectivity index (χ3n) is 5.59. The van der Waals surface area contributed by atoms with E-state index in [4.69, 9.17) is 21.4 Å². The van der Waals surface area contributed by atoms with Crippen LogP contribution in [0.5, 0.6) is 0 Å². The minimum atomic E-state index is -0.0768. The van der Waals surface area contributed by atoms with Gasteiger partial charge in [0.15, 0.2) is 5.82 Å². The molecule has 0 amide bonds. The van der Waals surface area contributed by atoms with Crippen molar-refractivity contribution in [2.24, 2.45) is 5.73 Å². The second-order valence-electron chi connectivity index (χ2n) is 8.14. The van der Waals surface area contributed by atoms with E-state index < -0.39 is 0 Å². The number of anilines is 2. The fourth-order valence-corrected chi connectivity index (χ4v) is 3.93. The molecule has 3 heterocycles. The maximum Gasteiger partial charge on any atom is 0.162 e. The van der Waals surface area contributed by atoms with E-state index in [1.165, 1.54) is 5.56 Å². The summed E-state index contributed by atoms with van der Waals surface area (Å²) in [5.74, 6) is 1.31. The number of nitrogens with one attached hydrogen (secondary N) is 1. The molecule has 0 radical (unpaired) electrons. The number of nitrogens with zero attached hydrogens (tertiary/aromatic N) is 4. The molecular weight excluding hydrogens is 422 g/mol. The second-order valence-corrected chi connectivity index (χ2v) is 8.14. The highest BCUT2D eigenvalue weighted by Crippen LogP contribution is 2.31. The Bertz CT molecular complexity index is 1410. The summed E-state index contributed by atoms with van der Waals surface area (Å²) in [5.41, 5.74) is 17.6. The molecule has 0 saturated carbocycles. The van der Waals surface area contributed by atoms with Gasteiger partial charge in [0.1, 0.15) is 11.3 Å². The van der Waals surface area contributed by atoms with E-state index in [-0.39, 0.29) is 6.04 Å². The van der Waals surface area contributed by atoms with Crippen molar-refractivity contribution in [1.82, 2.24) is 19.9 Å². The first-order valence-corrected chi connectivity index (χ1v) is 11.1. The van der Waals surface area contributed by atoms with Crippen LogP contribution in [0.2, 0.25) is 0 Å². The summed E-state index contributed by atoms with van der Waals surface area (Å²) in [6.07, 6.45) is 6.00. The first kappa shape index (κ1) is 21.5. The van der Waals surface area contributed by atoms with Gasteiger partial charge in [-0.2, -0.15) is 0 Å². The van der Waals surface area contributed by atoms with E-state index in [1.54, 1.807) is 18.6 Å². The van der Waals surface area contributed by atoms with Crippen LogP contribution < -0.4 is 16.8 Å². The van der Waals surface area contributed by atoms with Gasteiger partial charge >= 0.3 is 0 Å². The number of hydrogen-bond acceptors (Lipinski definition) is 7. The number of nitrogens with two attached hydrogens (primary N) is 2. The average molecular weight is 448 g/mol. The molecule has 0 fully saturated rings. The third kappa shape index (κ3) is 4.69. The Labute approximate surface area is 197 Å². The van der Waals surface area contributed by atoms with Crippen LogP contribution in [0.15, 0.2) is 91.4 Å². The highest BCUT2D eigenvalue weighted by atomic mass is 15.0. The molecule has 7 heteroatoms. The Balaban J connectivity index is 1.55.